The first kappa shape index (κ1) is 11.2. The summed E-state index contributed by atoms with van der Waals surface area (Å²) in [7, 11) is 0. The maximum Gasteiger partial charge on any atom is 0.390 e. The molecule has 1 heterocycles. The molecule has 0 aliphatic heterocycles. The van der Waals surface area contributed by atoms with Crippen molar-refractivity contribution in [2.75, 3.05) is 0 Å². The maximum atomic E-state index is 10.7. The van der Waals surface area contributed by atoms with E-state index in [1.54, 1.807) is 13.8 Å². The first-order chi connectivity index (χ1) is 6.97. The average Bonchev–Trinajstić information content (AvgIpc) is 2.49. The van der Waals surface area contributed by atoms with E-state index in [1.165, 1.54) is 6.07 Å². The topological polar surface area (TPSA) is 101 Å². The highest BCUT2D eigenvalue weighted by atomic mass is 16.6. The van der Waals surface area contributed by atoms with E-state index in [0.717, 1.165) is 4.68 Å². The number of carboxylic acid groups (broad SMARTS) is 1. The quantitative estimate of drug-likeness (QED) is 0.508. The molecular formula is C8H10N3O4-. The summed E-state index contributed by atoms with van der Waals surface area (Å²) < 4.78 is 1.10. The molecule has 7 heteroatoms. The zero-order valence-corrected chi connectivity index (χ0v) is 8.34. The Bertz CT molecular complexity index is 399. The fourth-order valence-corrected chi connectivity index (χ4v) is 1.32. The molecule has 1 aromatic heterocycles. The van der Waals surface area contributed by atoms with E-state index in [9.17, 15) is 20.0 Å². The number of rotatable bonds is 4. The summed E-state index contributed by atoms with van der Waals surface area (Å²) in [6, 6.07) is 0.268. The van der Waals surface area contributed by atoms with Gasteiger partial charge < -0.3 is 20.0 Å². The predicted octanol–water partition coefficient (Wildman–Crippen LogP) is -0.199. The van der Waals surface area contributed by atoms with Crippen LogP contribution in [0, 0.1) is 17.0 Å². The highest BCUT2D eigenvalue weighted by Gasteiger charge is 2.21. The van der Waals surface area contributed by atoms with Crippen LogP contribution < -0.4 is 5.11 Å². The normalized spacial score (nSPS) is 12.4. The van der Waals surface area contributed by atoms with Gasteiger partial charge in [0.05, 0.1) is 22.8 Å². The van der Waals surface area contributed by atoms with Crippen LogP contribution in [0.1, 0.15) is 25.1 Å². The molecule has 7 nitrogen and oxygen atoms in total. The minimum Gasteiger partial charge on any atom is -0.548 e. The molecule has 0 aliphatic rings. The van der Waals surface area contributed by atoms with Crippen LogP contribution in [0.25, 0.3) is 0 Å². The Hall–Kier alpha value is -1.92. The Balaban J connectivity index is 3.13. The Labute approximate surface area is 85.5 Å². The van der Waals surface area contributed by atoms with E-state index in [4.69, 9.17) is 0 Å². The van der Waals surface area contributed by atoms with Crippen LogP contribution in [0.15, 0.2) is 6.07 Å². The van der Waals surface area contributed by atoms with E-state index in [0.29, 0.717) is 5.69 Å². The van der Waals surface area contributed by atoms with Gasteiger partial charge in [0.1, 0.15) is 6.04 Å². The third kappa shape index (κ3) is 2.12. The number of carboxylic acids is 1. The number of carbonyl (C=O) groups is 1. The Morgan fingerprint density at radius 1 is 1.73 bits per heavy atom. The molecule has 82 valence electrons. The van der Waals surface area contributed by atoms with E-state index >= 15 is 0 Å². The fourth-order valence-electron chi connectivity index (χ4n) is 1.32. The van der Waals surface area contributed by atoms with Crippen molar-refractivity contribution < 1.29 is 14.8 Å². The predicted molar refractivity (Wildman–Crippen MR) is 48.0 cm³/mol. The van der Waals surface area contributed by atoms with Crippen LogP contribution in [0.3, 0.4) is 0 Å². The third-order valence-electron chi connectivity index (χ3n) is 2.05. The molecule has 0 bridgehead atoms. The molecule has 0 radical (unpaired) electrons. The number of aryl methyl sites for hydroxylation is 1. The molecule has 15 heavy (non-hydrogen) atoms. The second-order valence-electron chi connectivity index (χ2n) is 3.09. The molecular weight excluding hydrogens is 202 g/mol. The maximum absolute atomic E-state index is 10.7. The summed E-state index contributed by atoms with van der Waals surface area (Å²) >= 11 is 0. The van der Waals surface area contributed by atoms with Crippen molar-refractivity contribution in [2.45, 2.75) is 26.3 Å². The van der Waals surface area contributed by atoms with Crippen molar-refractivity contribution in [1.29, 1.82) is 0 Å². The highest BCUT2D eigenvalue weighted by molar-refractivity contribution is 5.69. The minimum atomic E-state index is -1.29. The number of hydrogen-bond acceptors (Lipinski definition) is 5. The lowest BCUT2D eigenvalue weighted by atomic mass is 10.2. The molecule has 1 atom stereocenters. The summed E-state index contributed by atoms with van der Waals surface area (Å²) in [5.41, 5.74) is 0.428. The van der Waals surface area contributed by atoms with Gasteiger partial charge in [0.15, 0.2) is 0 Å². The first-order valence-corrected chi connectivity index (χ1v) is 4.38. The van der Waals surface area contributed by atoms with Crippen molar-refractivity contribution in [3.63, 3.8) is 0 Å². The average molecular weight is 212 g/mol. The number of nitro groups is 1. The molecule has 1 aromatic rings. The SMILES string of the molecule is CC[C@H](C(=O)[O-])n1nc([N+](=O)[O-])cc1C. The van der Waals surface area contributed by atoms with Crippen molar-refractivity contribution in [1.82, 2.24) is 9.78 Å². The molecule has 0 aliphatic carbocycles. The summed E-state index contributed by atoms with van der Waals surface area (Å²) in [4.78, 5) is 20.5. The molecule has 0 N–H and O–H groups in total. The van der Waals surface area contributed by atoms with Gasteiger partial charge in [0, 0.05) is 0 Å². The fraction of sp³-hybridized carbons (Fsp3) is 0.500. The van der Waals surface area contributed by atoms with Crippen molar-refractivity contribution in [2.24, 2.45) is 0 Å². The molecule has 1 rings (SSSR count). The number of carbonyl (C=O) groups excluding carboxylic acids is 1. The Morgan fingerprint density at radius 3 is 2.67 bits per heavy atom. The van der Waals surface area contributed by atoms with Gasteiger partial charge in [0.25, 0.3) is 0 Å². The number of nitrogens with zero attached hydrogens (tertiary/aromatic N) is 3. The van der Waals surface area contributed by atoms with Crippen LogP contribution >= 0.6 is 0 Å². The molecule has 0 aromatic carbocycles. The molecule has 0 amide bonds. The molecule has 0 saturated heterocycles. The van der Waals surface area contributed by atoms with Crippen LogP contribution in [-0.2, 0) is 4.79 Å². The second kappa shape index (κ2) is 4.07. The molecule has 0 saturated carbocycles. The third-order valence-corrected chi connectivity index (χ3v) is 2.05. The highest BCUT2D eigenvalue weighted by Crippen LogP contribution is 2.17. The van der Waals surface area contributed by atoms with Gasteiger partial charge in [-0.15, -0.1) is 0 Å². The van der Waals surface area contributed by atoms with Gasteiger partial charge in [-0.3, -0.25) is 0 Å². The lowest BCUT2D eigenvalue weighted by Gasteiger charge is -2.14. The van der Waals surface area contributed by atoms with E-state index in [2.05, 4.69) is 5.10 Å². The lowest BCUT2D eigenvalue weighted by Crippen LogP contribution is -2.34. The van der Waals surface area contributed by atoms with Crippen molar-refractivity contribution in [3.8, 4) is 0 Å². The van der Waals surface area contributed by atoms with E-state index in [-0.39, 0.29) is 12.2 Å². The minimum absolute atomic E-state index is 0.266. The summed E-state index contributed by atoms with van der Waals surface area (Å²) in [5.74, 6) is -1.65. The van der Waals surface area contributed by atoms with Gasteiger partial charge in [-0.1, -0.05) is 6.92 Å². The smallest absolute Gasteiger partial charge is 0.390 e. The summed E-state index contributed by atoms with van der Waals surface area (Å²) in [6.07, 6.45) is 0.266. The standard InChI is InChI=1S/C8H11N3O4/c1-3-6(8(12)13)10-5(2)4-7(9-10)11(14)15/h4,6H,3H2,1-2H3,(H,12,13)/p-1/t6-/m1/s1. The van der Waals surface area contributed by atoms with Gasteiger partial charge in [-0.05, 0) is 18.3 Å². The monoisotopic (exact) mass is 212 g/mol. The number of aromatic nitrogens is 2. The molecule has 0 unspecified atom stereocenters. The summed E-state index contributed by atoms with van der Waals surface area (Å²) in [5, 5.41) is 24.7. The van der Waals surface area contributed by atoms with E-state index in [1.807, 2.05) is 0 Å². The number of hydrogen-bond donors (Lipinski definition) is 0. The van der Waals surface area contributed by atoms with Gasteiger partial charge in [-0.2, -0.15) is 4.68 Å². The largest absolute Gasteiger partial charge is 0.548 e. The molecule has 0 spiro atoms. The molecule has 0 fully saturated rings. The first-order valence-electron chi connectivity index (χ1n) is 4.38. The summed E-state index contributed by atoms with van der Waals surface area (Å²) in [6.45, 7) is 3.21. The van der Waals surface area contributed by atoms with Crippen LogP contribution in [0.5, 0.6) is 0 Å². The van der Waals surface area contributed by atoms with Crippen LogP contribution in [0.2, 0.25) is 0 Å². The van der Waals surface area contributed by atoms with Crippen molar-refractivity contribution in [3.05, 3.63) is 21.9 Å². The van der Waals surface area contributed by atoms with Crippen molar-refractivity contribution >= 4 is 11.8 Å². The Kier molecular flexibility index (Phi) is 3.03. The zero-order chi connectivity index (χ0) is 11.6. The van der Waals surface area contributed by atoms with Crippen LogP contribution in [0.4, 0.5) is 5.82 Å². The zero-order valence-electron chi connectivity index (χ0n) is 8.34. The van der Waals surface area contributed by atoms with Gasteiger partial charge in [-0.25, -0.2) is 0 Å². The second-order valence-corrected chi connectivity index (χ2v) is 3.09. The Morgan fingerprint density at radius 2 is 2.33 bits per heavy atom. The lowest BCUT2D eigenvalue weighted by molar-refractivity contribution is -0.389. The van der Waals surface area contributed by atoms with Gasteiger partial charge in [0.2, 0.25) is 0 Å². The van der Waals surface area contributed by atoms with E-state index < -0.39 is 16.9 Å². The van der Waals surface area contributed by atoms with Gasteiger partial charge >= 0.3 is 5.82 Å². The number of aliphatic carboxylic acids is 1. The van der Waals surface area contributed by atoms with Crippen LogP contribution in [-0.4, -0.2) is 20.7 Å².